The zero-order valence-electron chi connectivity index (χ0n) is 14.1. The second-order valence-electron chi connectivity index (χ2n) is 6.39. The molecule has 0 amide bonds. The monoisotopic (exact) mass is 314 g/mol. The van der Waals surface area contributed by atoms with Crippen LogP contribution in [0.4, 0.5) is 0 Å². The van der Waals surface area contributed by atoms with Gasteiger partial charge in [0.1, 0.15) is 0 Å². The van der Waals surface area contributed by atoms with E-state index in [1.807, 2.05) is 66.7 Å². The number of benzene rings is 3. The van der Waals surface area contributed by atoms with Crippen molar-refractivity contribution in [1.82, 2.24) is 0 Å². The summed E-state index contributed by atoms with van der Waals surface area (Å²) >= 11 is 0. The fraction of sp³-hybridized carbons (Fsp3) is 0.174. The lowest BCUT2D eigenvalue weighted by molar-refractivity contribution is 0.0875. The van der Waals surface area contributed by atoms with Gasteiger partial charge >= 0.3 is 0 Å². The van der Waals surface area contributed by atoms with Crippen LogP contribution in [0.2, 0.25) is 0 Å². The standard InChI is InChI=1S/C23H22O/c1-18(2)23(20-14-8-4-9-15-20,21-16-10-5-11-17-21)22(24)19-12-6-3-7-13-19/h3-18H,1-2H3. The summed E-state index contributed by atoms with van der Waals surface area (Å²) in [6.07, 6.45) is 0. The Balaban J connectivity index is 2.30. The Labute approximate surface area is 144 Å². The molecule has 0 radical (unpaired) electrons. The molecule has 1 heteroatoms. The topological polar surface area (TPSA) is 17.1 Å². The summed E-state index contributed by atoms with van der Waals surface area (Å²) in [4.78, 5) is 13.7. The van der Waals surface area contributed by atoms with E-state index >= 15 is 0 Å². The van der Waals surface area contributed by atoms with Crippen LogP contribution in [-0.4, -0.2) is 5.78 Å². The maximum absolute atomic E-state index is 13.7. The van der Waals surface area contributed by atoms with Crippen LogP contribution >= 0.6 is 0 Å². The molecule has 0 atom stereocenters. The average molecular weight is 314 g/mol. The van der Waals surface area contributed by atoms with E-state index in [1.165, 1.54) is 0 Å². The van der Waals surface area contributed by atoms with Crippen LogP contribution in [0.25, 0.3) is 0 Å². The van der Waals surface area contributed by atoms with E-state index in [4.69, 9.17) is 0 Å². The van der Waals surface area contributed by atoms with E-state index in [9.17, 15) is 4.79 Å². The van der Waals surface area contributed by atoms with Crippen LogP contribution in [-0.2, 0) is 5.41 Å². The van der Waals surface area contributed by atoms with Gasteiger partial charge in [0.05, 0.1) is 5.41 Å². The normalized spacial score (nSPS) is 11.5. The lowest BCUT2D eigenvalue weighted by atomic mass is 9.63. The van der Waals surface area contributed by atoms with Crippen molar-refractivity contribution in [2.24, 2.45) is 5.92 Å². The van der Waals surface area contributed by atoms with Crippen molar-refractivity contribution in [3.63, 3.8) is 0 Å². The van der Waals surface area contributed by atoms with Gasteiger partial charge in [-0.05, 0) is 17.0 Å². The number of hydrogen-bond donors (Lipinski definition) is 0. The first-order chi connectivity index (χ1) is 11.7. The molecule has 0 bridgehead atoms. The maximum Gasteiger partial charge on any atom is 0.178 e. The molecule has 1 nitrogen and oxygen atoms in total. The Morgan fingerprint density at radius 1 is 0.667 bits per heavy atom. The van der Waals surface area contributed by atoms with Gasteiger partial charge in [0.25, 0.3) is 0 Å². The molecule has 24 heavy (non-hydrogen) atoms. The summed E-state index contributed by atoms with van der Waals surface area (Å²) in [5.74, 6) is 0.269. The van der Waals surface area contributed by atoms with Crippen molar-refractivity contribution in [2.75, 3.05) is 0 Å². The summed E-state index contributed by atoms with van der Waals surface area (Å²) in [5, 5.41) is 0. The highest BCUT2D eigenvalue weighted by Crippen LogP contribution is 2.42. The van der Waals surface area contributed by atoms with E-state index in [1.54, 1.807) is 0 Å². The first-order valence-corrected chi connectivity index (χ1v) is 8.38. The smallest absolute Gasteiger partial charge is 0.178 e. The molecule has 3 aromatic carbocycles. The minimum Gasteiger partial charge on any atom is -0.293 e. The Kier molecular flexibility index (Phi) is 4.61. The van der Waals surface area contributed by atoms with Crippen molar-refractivity contribution in [1.29, 1.82) is 0 Å². The fourth-order valence-corrected chi connectivity index (χ4v) is 3.58. The van der Waals surface area contributed by atoms with E-state index in [-0.39, 0.29) is 11.7 Å². The Morgan fingerprint density at radius 3 is 1.42 bits per heavy atom. The number of ketones is 1. The van der Waals surface area contributed by atoms with E-state index in [0.29, 0.717) is 0 Å². The molecule has 3 aromatic rings. The molecule has 120 valence electrons. The average Bonchev–Trinajstić information content (AvgIpc) is 2.64. The van der Waals surface area contributed by atoms with Gasteiger partial charge in [0.15, 0.2) is 5.78 Å². The SMILES string of the molecule is CC(C)C(C(=O)c1ccccc1)(c1ccccc1)c1ccccc1. The van der Waals surface area contributed by atoms with Crippen LogP contribution < -0.4 is 0 Å². The molecule has 0 N–H and O–H groups in total. The molecule has 0 aliphatic rings. The summed E-state index contributed by atoms with van der Waals surface area (Å²) in [5.41, 5.74) is 2.14. The molecule has 0 spiro atoms. The second kappa shape index (κ2) is 6.84. The predicted octanol–water partition coefficient (Wildman–Crippen LogP) is 5.51. The van der Waals surface area contributed by atoms with Gasteiger partial charge in [-0.15, -0.1) is 0 Å². The minimum absolute atomic E-state index is 0.120. The predicted molar refractivity (Wildman–Crippen MR) is 99.3 cm³/mol. The van der Waals surface area contributed by atoms with Crippen molar-refractivity contribution in [3.05, 3.63) is 108 Å². The molecular weight excluding hydrogens is 292 g/mol. The molecular formula is C23H22O. The zero-order chi connectivity index (χ0) is 17.0. The number of Topliss-reactive ketones (excluding diaryl/α,β-unsaturated/α-hetero) is 1. The van der Waals surface area contributed by atoms with Crippen molar-refractivity contribution >= 4 is 5.78 Å². The van der Waals surface area contributed by atoms with Gasteiger partial charge < -0.3 is 0 Å². The van der Waals surface area contributed by atoms with Gasteiger partial charge in [0, 0.05) is 5.56 Å². The van der Waals surface area contributed by atoms with Gasteiger partial charge in [-0.3, -0.25) is 4.79 Å². The van der Waals surface area contributed by atoms with Gasteiger partial charge in [0.2, 0.25) is 0 Å². The number of carbonyl (C=O) groups excluding carboxylic acids is 1. The van der Waals surface area contributed by atoms with Gasteiger partial charge in [-0.2, -0.15) is 0 Å². The molecule has 0 aliphatic carbocycles. The van der Waals surface area contributed by atoms with Crippen molar-refractivity contribution < 1.29 is 4.79 Å². The van der Waals surface area contributed by atoms with E-state index in [0.717, 1.165) is 16.7 Å². The van der Waals surface area contributed by atoms with Crippen molar-refractivity contribution in [2.45, 2.75) is 19.3 Å². The third-order valence-corrected chi connectivity index (χ3v) is 4.72. The lowest BCUT2D eigenvalue weighted by Crippen LogP contribution is -2.42. The lowest BCUT2D eigenvalue weighted by Gasteiger charge is -2.37. The summed E-state index contributed by atoms with van der Waals surface area (Å²) in [6, 6.07) is 29.9. The van der Waals surface area contributed by atoms with Gasteiger partial charge in [-0.25, -0.2) is 0 Å². The fourth-order valence-electron chi connectivity index (χ4n) is 3.58. The third-order valence-electron chi connectivity index (χ3n) is 4.72. The first kappa shape index (κ1) is 16.2. The molecule has 3 rings (SSSR count). The van der Waals surface area contributed by atoms with Crippen LogP contribution in [0.1, 0.15) is 35.3 Å². The first-order valence-electron chi connectivity index (χ1n) is 8.38. The molecule has 0 unspecified atom stereocenters. The molecule has 0 aromatic heterocycles. The number of hydrogen-bond acceptors (Lipinski definition) is 1. The number of rotatable bonds is 5. The molecule has 0 saturated carbocycles. The van der Waals surface area contributed by atoms with Gasteiger partial charge in [-0.1, -0.05) is 105 Å². The van der Waals surface area contributed by atoms with Crippen LogP contribution in [0.5, 0.6) is 0 Å². The largest absolute Gasteiger partial charge is 0.293 e. The summed E-state index contributed by atoms with van der Waals surface area (Å²) in [7, 11) is 0. The van der Waals surface area contributed by atoms with E-state index in [2.05, 4.69) is 38.1 Å². The van der Waals surface area contributed by atoms with Crippen molar-refractivity contribution in [3.8, 4) is 0 Å². The Hall–Kier alpha value is -2.67. The second-order valence-corrected chi connectivity index (χ2v) is 6.39. The number of carbonyl (C=O) groups is 1. The maximum atomic E-state index is 13.7. The van der Waals surface area contributed by atoms with Crippen LogP contribution in [0.3, 0.4) is 0 Å². The van der Waals surface area contributed by atoms with Crippen LogP contribution in [0, 0.1) is 5.92 Å². The van der Waals surface area contributed by atoms with Crippen LogP contribution in [0.15, 0.2) is 91.0 Å². The molecule has 0 fully saturated rings. The molecule has 0 saturated heterocycles. The zero-order valence-corrected chi connectivity index (χ0v) is 14.1. The quantitative estimate of drug-likeness (QED) is 0.567. The summed E-state index contributed by atoms with van der Waals surface area (Å²) < 4.78 is 0. The third kappa shape index (κ3) is 2.67. The summed E-state index contributed by atoms with van der Waals surface area (Å²) in [6.45, 7) is 4.25. The Bertz CT molecular complexity index is 750. The highest BCUT2D eigenvalue weighted by Gasteiger charge is 2.44. The Morgan fingerprint density at radius 2 is 1.04 bits per heavy atom. The molecule has 0 aliphatic heterocycles. The highest BCUT2D eigenvalue weighted by molar-refractivity contribution is 6.06. The minimum atomic E-state index is -0.691. The van der Waals surface area contributed by atoms with E-state index < -0.39 is 5.41 Å². The highest BCUT2D eigenvalue weighted by atomic mass is 16.1. The molecule has 0 heterocycles.